The molecular formula is C19H43NO5PS+. The van der Waals surface area contributed by atoms with Gasteiger partial charge in [-0.25, -0.2) is 4.57 Å². The van der Waals surface area contributed by atoms with Gasteiger partial charge in [0, 0.05) is 6.61 Å². The molecule has 0 saturated heterocycles. The van der Waals surface area contributed by atoms with Gasteiger partial charge in [0.15, 0.2) is 0 Å². The van der Waals surface area contributed by atoms with Crippen molar-refractivity contribution in [3.8, 4) is 0 Å². The summed E-state index contributed by atoms with van der Waals surface area (Å²) >= 11 is 4.22. The summed E-state index contributed by atoms with van der Waals surface area (Å²) in [7, 11) is 2.02. The quantitative estimate of drug-likeness (QED) is 0.128. The summed E-state index contributed by atoms with van der Waals surface area (Å²) < 4.78 is 27.6. The lowest BCUT2D eigenvalue weighted by Gasteiger charge is -2.24. The number of phosphoric ester groups is 1. The van der Waals surface area contributed by atoms with Gasteiger partial charge in [-0.05, 0) is 18.6 Å². The van der Waals surface area contributed by atoms with Gasteiger partial charge < -0.3 is 14.1 Å². The van der Waals surface area contributed by atoms with E-state index in [4.69, 9.17) is 13.8 Å². The summed E-state index contributed by atoms with van der Waals surface area (Å²) in [6.45, 7) is 1.89. The van der Waals surface area contributed by atoms with E-state index in [0.29, 0.717) is 24.2 Å². The van der Waals surface area contributed by atoms with Crippen molar-refractivity contribution >= 4 is 20.5 Å². The van der Waals surface area contributed by atoms with Crippen LogP contribution in [0.1, 0.15) is 64.2 Å². The molecule has 27 heavy (non-hydrogen) atoms. The Morgan fingerprint density at radius 2 is 1.22 bits per heavy atom. The lowest BCUT2D eigenvalue weighted by Crippen LogP contribution is -2.37. The number of ether oxygens (including phenoxy) is 1. The van der Waals surface area contributed by atoms with Crippen molar-refractivity contribution < 1.29 is 27.7 Å². The van der Waals surface area contributed by atoms with Crippen LogP contribution in [0.5, 0.6) is 0 Å². The number of thiol groups is 1. The van der Waals surface area contributed by atoms with Crippen molar-refractivity contribution in [2.24, 2.45) is 0 Å². The number of unbranched alkanes of at least 4 members (excludes halogenated alkanes) is 9. The number of rotatable bonds is 20. The fourth-order valence-electron chi connectivity index (χ4n) is 2.51. The predicted octanol–water partition coefficient (Wildman–Crippen LogP) is 4.67. The van der Waals surface area contributed by atoms with Gasteiger partial charge in [-0.15, -0.1) is 0 Å². The van der Waals surface area contributed by atoms with E-state index in [1.807, 2.05) is 21.1 Å². The van der Waals surface area contributed by atoms with E-state index in [1.165, 1.54) is 57.8 Å². The van der Waals surface area contributed by atoms with Crippen molar-refractivity contribution in [2.75, 3.05) is 59.9 Å². The molecule has 0 saturated carbocycles. The summed E-state index contributed by atoms with van der Waals surface area (Å²) in [5, 5.41) is 0. The van der Waals surface area contributed by atoms with Crippen LogP contribution >= 0.6 is 20.5 Å². The van der Waals surface area contributed by atoms with Crippen LogP contribution in [0.4, 0.5) is 0 Å². The molecule has 1 N–H and O–H groups in total. The Morgan fingerprint density at radius 3 is 1.74 bits per heavy atom. The SMILES string of the molecule is C[N+](C)(C)CCOP(=O)(O)OCCOCCCCCCCCCCCCS. The van der Waals surface area contributed by atoms with E-state index in [-0.39, 0.29) is 13.2 Å². The second-order valence-electron chi connectivity index (χ2n) is 8.02. The standard InChI is InChI=1S/C19H42NO5PS/c1-20(2,3)14-16-24-26(21,22)25-18-17-23-15-12-10-8-6-4-5-7-9-11-13-19-27/h4-19H2,1-3H3,(H-,21,22,27)/p+1. The van der Waals surface area contributed by atoms with Gasteiger partial charge in [-0.1, -0.05) is 51.4 Å². The zero-order valence-electron chi connectivity index (χ0n) is 17.7. The number of nitrogens with zero attached hydrogens (tertiary/aromatic N) is 1. The summed E-state index contributed by atoms with van der Waals surface area (Å²) in [4.78, 5) is 9.56. The van der Waals surface area contributed by atoms with Crippen LogP contribution in [0.25, 0.3) is 0 Å². The third-order valence-corrected chi connectivity index (χ3v) is 5.53. The first-order valence-corrected chi connectivity index (χ1v) is 12.5. The summed E-state index contributed by atoms with van der Waals surface area (Å²) in [6.07, 6.45) is 12.7. The predicted molar refractivity (Wildman–Crippen MR) is 115 cm³/mol. The van der Waals surface area contributed by atoms with Crippen LogP contribution < -0.4 is 0 Å². The van der Waals surface area contributed by atoms with Crippen LogP contribution in [-0.4, -0.2) is 69.2 Å². The largest absolute Gasteiger partial charge is 0.472 e. The van der Waals surface area contributed by atoms with Crippen molar-refractivity contribution in [3.05, 3.63) is 0 Å². The molecule has 0 bridgehead atoms. The monoisotopic (exact) mass is 428 g/mol. The molecule has 6 nitrogen and oxygen atoms in total. The Balaban J connectivity index is 3.31. The molecule has 0 amide bonds. The van der Waals surface area contributed by atoms with E-state index < -0.39 is 7.82 Å². The first kappa shape index (κ1) is 27.4. The summed E-state index contributed by atoms with van der Waals surface area (Å²) in [5.41, 5.74) is 0. The third kappa shape index (κ3) is 22.5. The minimum Gasteiger partial charge on any atom is -0.379 e. The van der Waals surface area contributed by atoms with Gasteiger partial charge in [-0.2, -0.15) is 12.6 Å². The Hall–Kier alpha value is 0.380. The molecular weight excluding hydrogens is 385 g/mol. The van der Waals surface area contributed by atoms with Gasteiger partial charge in [0.1, 0.15) is 13.2 Å². The highest BCUT2D eigenvalue weighted by Crippen LogP contribution is 2.42. The molecule has 0 aliphatic heterocycles. The second kappa shape index (κ2) is 17.3. The van der Waals surface area contributed by atoms with Gasteiger partial charge in [0.25, 0.3) is 0 Å². The molecule has 0 aliphatic rings. The van der Waals surface area contributed by atoms with Crippen LogP contribution in [0, 0.1) is 0 Å². The maximum absolute atomic E-state index is 11.7. The average molecular weight is 429 g/mol. The number of phosphoric acid groups is 1. The van der Waals surface area contributed by atoms with E-state index in [2.05, 4.69) is 12.6 Å². The Morgan fingerprint density at radius 1 is 0.741 bits per heavy atom. The minimum atomic E-state index is -3.96. The molecule has 164 valence electrons. The maximum atomic E-state index is 11.7. The van der Waals surface area contributed by atoms with Gasteiger partial charge in [0.05, 0.1) is 34.4 Å². The number of quaternary nitrogens is 1. The normalized spacial score (nSPS) is 14.4. The van der Waals surface area contributed by atoms with Crippen LogP contribution in [0.3, 0.4) is 0 Å². The van der Waals surface area contributed by atoms with Crippen LogP contribution in [0.15, 0.2) is 0 Å². The second-order valence-corrected chi connectivity index (χ2v) is 9.92. The van der Waals surface area contributed by atoms with Crippen molar-refractivity contribution in [2.45, 2.75) is 64.2 Å². The summed E-state index contributed by atoms with van der Waals surface area (Å²) in [5.74, 6) is 1.01. The molecule has 0 rings (SSSR count). The topological polar surface area (TPSA) is 65.0 Å². The first-order chi connectivity index (χ1) is 12.8. The highest BCUT2D eigenvalue weighted by atomic mass is 32.1. The molecule has 0 radical (unpaired) electrons. The number of hydrogen-bond donors (Lipinski definition) is 2. The molecule has 0 aromatic carbocycles. The minimum absolute atomic E-state index is 0.0748. The highest BCUT2D eigenvalue weighted by Gasteiger charge is 2.22. The average Bonchev–Trinajstić information content (AvgIpc) is 2.57. The maximum Gasteiger partial charge on any atom is 0.472 e. The molecule has 0 spiro atoms. The summed E-state index contributed by atoms with van der Waals surface area (Å²) in [6, 6.07) is 0. The van der Waals surface area contributed by atoms with Crippen LogP contribution in [-0.2, 0) is 18.3 Å². The van der Waals surface area contributed by atoms with Gasteiger partial charge in [0.2, 0.25) is 0 Å². The van der Waals surface area contributed by atoms with E-state index in [0.717, 1.165) is 12.2 Å². The molecule has 1 unspecified atom stereocenters. The Kier molecular flexibility index (Phi) is 17.5. The zero-order chi connectivity index (χ0) is 20.4. The van der Waals surface area contributed by atoms with E-state index in [1.54, 1.807) is 0 Å². The van der Waals surface area contributed by atoms with Crippen molar-refractivity contribution in [3.63, 3.8) is 0 Å². The Bertz CT molecular complexity index is 380. The van der Waals surface area contributed by atoms with Gasteiger partial charge in [-0.3, -0.25) is 9.05 Å². The molecule has 0 aromatic rings. The molecule has 8 heteroatoms. The first-order valence-electron chi connectivity index (χ1n) is 10.4. The Labute approximate surface area is 172 Å². The molecule has 1 atom stereocenters. The van der Waals surface area contributed by atoms with Crippen molar-refractivity contribution in [1.82, 2.24) is 0 Å². The number of hydrogen-bond acceptors (Lipinski definition) is 5. The lowest BCUT2D eigenvalue weighted by molar-refractivity contribution is -0.870. The van der Waals surface area contributed by atoms with E-state index >= 15 is 0 Å². The van der Waals surface area contributed by atoms with Crippen molar-refractivity contribution in [1.29, 1.82) is 0 Å². The van der Waals surface area contributed by atoms with Crippen LogP contribution in [0.2, 0.25) is 0 Å². The van der Waals surface area contributed by atoms with Gasteiger partial charge >= 0.3 is 7.82 Å². The van der Waals surface area contributed by atoms with E-state index in [9.17, 15) is 9.46 Å². The fraction of sp³-hybridized carbons (Fsp3) is 1.00. The molecule has 0 aliphatic carbocycles. The third-order valence-electron chi connectivity index (χ3n) is 4.20. The molecule has 0 aromatic heterocycles. The zero-order valence-corrected chi connectivity index (χ0v) is 19.5. The lowest BCUT2D eigenvalue weighted by atomic mass is 10.1. The number of likely N-dealkylation sites (N-methyl/N-ethyl adjacent to an activating group) is 1. The molecule has 0 heterocycles. The smallest absolute Gasteiger partial charge is 0.379 e. The fourth-order valence-corrected chi connectivity index (χ4v) is 3.43. The molecule has 0 fully saturated rings. The highest BCUT2D eigenvalue weighted by molar-refractivity contribution is 7.80.